The van der Waals surface area contributed by atoms with Gasteiger partial charge in [0.25, 0.3) is 5.69 Å². The highest BCUT2D eigenvalue weighted by Gasteiger charge is 2.06. The molecule has 0 heterocycles. The van der Waals surface area contributed by atoms with Crippen LogP contribution in [0.3, 0.4) is 0 Å². The van der Waals surface area contributed by atoms with Crippen molar-refractivity contribution in [2.45, 2.75) is 0 Å². The maximum atomic E-state index is 11.3. The third-order valence-corrected chi connectivity index (χ3v) is 1.97. The van der Waals surface area contributed by atoms with Gasteiger partial charge >= 0.3 is 0 Å². The molecule has 1 aromatic carbocycles. The molecule has 1 amide bonds. The Morgan fingerprint density at radius 2 is 2.06 bits per heavy atom. The number of hydrogen-bond acceptors (Lipinski definition) is 4. The molecule has 0 aromatic heterocycles. The first-order chi connectivity index (χ1) is 8.13. The van der Waals surface area contributed by atoms with Crippen molar-refractivity contribution in [2.75, 3.05) is 24.4 Å². The van der Waals surface area contributed by atoms with E-state index in [0.29, 0.717) is 18.2 Å². The lowest BCUT2D eigenvalue weighted by Crippen LogP contribution is -2.18. The van der Waals surface area contributed by atoms with E-state index in [1.54, 1.807) is 0 Å². The number of amides is 1. The Morgan fingerprint density at radius 1 is 1.41 bits per heavy atom. The van der Waals surface area contributed by atoms with Gasteiger partial charge in [-0.25, -0.2) is 0 Å². The average molecular weight is 259 g/mol. The van der Waals surface area contributed by atoms with Crippen molar-refractivity contribution in [1.29, 1.82) is 0 Å². The van der Waals surface area contributed by atoms with Crippen molar-refractivity contribution in [2.24, 2.45) is 0 Å². The highest BCUT2D eigenvalue weighted by molar-refractivity contribution is 6.17. The van der Waals surface area contributed by atoms with E-state index >= 15 is 0 Å². The summed E-state index contributed by atoms with van der Waals surface area (Å²) in [5.74, 6) is -0.00544. The highest BCUT2D eigenvalue weighted by Crippen LogP contribution is 2.15. The first kappa shape index (κ1) is 13.4. The summed E-state index contributed by atoms with van der Waals surface area (Å²) in [5, 5.41) is 12.9. The summed E-state index contributed by atoms with van der Waals surface area (Å²) in [6.45, 7) is 0.207. The smallest absolute Gasteiger partial charge is 0.269 e. The summed E-state index contributed by atoms with van der Waals surface area (Å²) in [5.41, 5.74) is 0.455. The quantitative estimate of drug-likeness (QED) is 0.365. The van der Waals surface area contributed by atoms with Crippen molar-refractivity contribution in [3.63, 3.8) is 0 Å². The number of benzene rings is 1. The summed E-state index contributed by atoms with van der Waals surface area (Å²) in [6.07, 6.45) is 0. The molecule has 0 aliphatic carbocycles. The Hall–Kier alpha value is -1.66. The van der Waals surface area contributed by atoms with Gasteiger partial charge in [-0.3, -0.25) is 14.9 Å². The molecule has 0 bridgehead atoms. The summed E-state index contributed by atoms with van der Waals surface area (Å²) >= 11 is 5.37. The molecular formula is C10H11ClN2O4. The predicted molar refractivity (Wildman–Crippen MR) is 63.3 cm³/mol. The van der Waals surface area contributed by atoms with Crippen LogP contribution in [-0.4, -0.2) is 29.9 Å². The number of ether oxygens (including phenoxy) is 1. The van der Waals surface area contributed by atoms with E-state index in [1.165, 1.54) is 24.3 Å². The van der Waals surface area contributed by atoms with Crippen LogP contribution < -0.4 is 5.32 Å². The number of non-ortho nitro benzene ring substituents is 1. The Balaban J connectivity index is 2.46. The second-order valence-corrected chi connectivity index (χ2v) is 3.47. The lowest BCUT2D eigenvalue weighted by molar-refractivity contribution is -0.384. The minimum Gasteiger partial charge on any atom is -0.370 e. The molecule has 6 nitrogen and oxygen atoms in total. The molecule has 0 aliphatic heterocycles. The number of rotatable bonds is 6. The third-order valence-electron chi connectivity index (χ3n) is 1.82. The fourth-order valence-corrected chi connectivity index (χ4v) is 1.19. The molecule has 0 unspecified atom stereocenters. The van der Waals surface area contributed by atoms with Gasteiger partial charge in [0.05, 0.1) is 11.5 Å². The fourth-order valence-electron chi connectivity index (χ4n) is 1.08. The number of nitro groups is 1. The van der Waals surface area contributed by atoms with Crippen LogP contribution >= 0.6 is 11.6 Å². The van der Waals surface area contributed by atoms with E-state index in [2.05, 4.69) is 5.32 Å². The fraction of sp³-hybridized carbons (Fsp3) is 0.300. The van der Waals surface area contributed by atoms with Gasteiger partial charge in [0, 0.05) is 23.7 Å². The minimum absolute atomic E-state index is 0.0265. The first-order valence-corrected chi connectivity index (χ1v) is 5.35. The largest absolute Gasteiger partial charge is 0.370 e. The van der Waals surface area contributed by atoms with Crippen LogP contribution in [0.4, 0.5) is 11.4 Å². The van der Waals surface area contributed by atoms with Gasteiger partial charge in [0.15, 0.2) is 0 Å². The molecule has 0 aliphatic rings. The zero-order valence-corrected chi connectivity index (χ0v) is 9.64. The topological polar surface area (TPSA) is 81.5 Å². The Morgan fingerprint density at radius 3 is 2.59 bits per heavy atom. The van der Waals surface area contributed by atoms with E-state index in [0.717, 1.165) is 0 Å². The first-order valence-electron chi connectivity index (χ1n) is 4.81. The number of carbonyl (C=O) groups excluding carboxylic acids is 1. The molecule has 1 N–H and O–H groups in total. The number of nitrogens with zero attached hydrogens (tertiary/aromatic N) is 1. The third kappa shape index (κ3) is 4.80. The Bertz CT molecular complexity index is 394. The molecule has 1 aromatic rings. The van der Waals surface area contributed by atoms with E-state index in [4.69, 9.17) is 16.3 Å². The Kier molecular flexibility index (Phi) is 5.38. The summed E-state index contributed by atoms with van der Waals surface area (Å²) in [7, 11) is 0. The van der Waals surface area contributed by atoms with Crippen LogP contribution in [0.25, 0.3) is 0 Å². The van der Waals surface area contributed by atoms with Crippen molar-refractivity contribution < 1.29 is 14.5 Å². The molecule has 7 heteroatoms. The van der Waals surface area contributed by atoms with E-state index < -0.39 is 4.92 Å². The van der Waals surface area contributed by atoms with E-state index in [1.807, 2.05) is 0 Å². The standard InChI is InChI=1S/C10H11ClN2O4/c11-5-6-17-7-10(14)12-8-1-3-9(4-2-8)13(15)16/h1-4H,5-7H2,(H,12,14). The van der Waals surface area contributed by atoms with E-state index in [-0.39, 0.29) is 18.2 Å². The molecule has 0 atom stereocenters. The normalized spacial score (nSPS) is 9.94. The van der Waals surface area contributed by atoms with Crippen LogP contribution in [-0.2, 0) is 9.53 Å². The van der Waals surface area contributed by atoms with Crippen LogP contribution in [0.15, 0.2) is 24.3 Å². The number of nitrogens with one attached hydrogen (secondary N) is 1. The van der Waals surface area contributed by atoms with Gasteiger partial charge in [0.2, 0.25) is 5.91 Å². The second-order valence-electron chi connectivity index (χ2n) is 3.09. The van der Waals surface area contributed by atoms with Crippen molar-refractivity contribution in [1.82, 2.24) is 0 Å². The number of nitro benzene ring substituents is 1. The SMILES string of the molecule is O=C(COCCCl)Nc1ccc([N+](=O)[O-])cc1. The van der Waals surface area contributed by atoms with Crippen molar-refractivity contribution >= 4 is 28.9 Å². The minimum atomic E-state index is -0.505. The molecule has 0 radical (unpaired) electrons. The second kappa shape index (κ2) is 6.82. The maximum absolute atomic E-state index is 11.3. The molecule has 17 heavy (non-hydrogen) atoms. The van der Waals surface area contributed by atoms with Gasteiger partial charge < -0.3 is 10.1 Å². The van der Waals surface area contributed by atoms with Crippen molar-refractivity contribution in [3.05, 3.63) is 34.4 Å². The van der Waals surface area contributed by atoms with Crippen LogP contribution in [0.1, 0.15) is 0 Å². The molecule has 0 saturated carbocycles. The summed E-state index contributed by atoms with van der Waals surface area (Å²) in [6, 6.07) is 5.54. The predicted octanol–water partition coefficient (Wildman–Crippen LogP) is 1.79. The molecule has 0 spiro atoms. The van der Waals surface area contributed by atoms with Crippen LogP contribution in [0.5, 0.6) is 0 Å². The van der Waals surface area contributed by atoms with Gasteiger partial charge in [0.1, 0.15) is 6.61 Å². The van der Waals surface area contributed by atoms with Crippen molar-refractivity contribution in [3.8, 4) is 0 Å². The van der Waals surface area contributed by atoms with Gasteiger partial charge in [-0.2, -0.15) is 0 Å². The molecule has 1 rings (SSSR count). The van der Waals surface area contributed by atoms with Gasteiger partial charge in [-0.15, -0.1) is 11.6 Å². The monoisotopic (exact) mass is 258 g/mol. The number of halogens is 1. The zero-order valence-electron chi connectivity index (χ0n) is 8.89. The van der Waals surface area contributed by atoms with Gasteiger partial charge in [-0.05, 0) is 12.1 Å². The summed E-state index contributed by atoms with van der Waals surface area (Å²) in [4.78, 5) is 21.2. The molecule has 0 saturated heterocycles. The number of carbonyl (C=O) groups is 1. The lowest BCUT2D eigenvalue weighted by Gasteiger charge is -2.04. The maximum Gasteiger partial charge on any atom is 0.269 e. The number of hydrogen-bond donors (Lipinski definition) is 1. The van der Waals surface area contributed by atoms with Gasteiger partial charge in [-0.1, -0.05) is 0 Å². The highest BCUT2D eigenvalue weighted by atomic mass is 35.5. The summed E-state index contributed by atoms with van der Waals surface area (Å²) < 4.78 is 4.93. The van der Waals surface area contributed by atoms with Crippen LogP contribution in [0, 0.1) is 10.1 Å². The van der Waals surface area contributed by atoms with Crippen LogP contribution in [0.2, 0.25) is 0 Å². The average Bonchev–Trinajstić information content (AvgIpc) is 2.30. The Labute approximate surface area is 103 Å². The number of alkyl halides is 1. The molecular weight excluding hydrogens is 248 g/mol. The number of anilines is 1. The lowest BCUT2D eigenvalue weighted by atomic mass is 10.3. The zero-order chi connectivity index (χ0) is 12.7. The molecule has 0 fully saturated rings. The van der Waals surface area contributed by atoms with E-state index in [9.17, 15) is 14.9 Å². The molecule has 92 valence electrons.